The second-order valence-corrected chi connectivity index (χ2v) is 3.64. The number of ether oxygens (including phenoxy) is 2. The molecule has 5 heteroatoms. The molecule has 3 N–H and O–H groups in total. The summed E-state index contributed by atoms with van der Waals surface area (Å²) in [5, 5.41) is 9.82. The van der Waals surface area contributed by atoms with E-state index in [9.17, 15) is 9.90 Å². The molecule has 0 aliphatic rings. The van der Waals surface area contributed by atoms with Crippen molar-refractivity contribution in [3.05, 3.63) is 23.8 Å². The first-order valence-electron chi connectivity index (χ1n) is 5.26. The Kier molecular flexibility index (Phi) is 4.78. The minimum atomic E-state index is -0.351. The van der Waals surface area contributed by atoms with Crippen molar-refractivity contribution >= 4 is 5.97 Å². The van der Waals surface area contributed by atoms with E-state index in [2.05, 4.69) is 4.74 Å². The van der Waals surface area contributed by atoms with Crippen LogP contribution in [0.5, 0.6) is 11.5 Å². The Labute approximate surface area is 100 Å². The molecule has 0 aliphatic carbocycles. The fourth-order valence-electron chi connectivity index (χ4n) is 1.60. The van der Waals surface area contributed by atoms with E-state index in [0.29, 0.717) is 11.3 Å². The zero-order valence-electron chi connectivity index (χ0n) is 9.97. The van der Waals surface area contributed by atoms with Gasteiger partial charge in [0.05, 0.1) is 20.6 Å². The molecule has 0 bridgehead atoms. The minimum Gasteiger partial charge on any atom is -0.508 e. The van der Waals surface area contributed by atoms with Gasteiger partial charge in [0.1, 0.15) is 11.5 Å². The number of benzene rings is 1. The van der Waals surface area contributed by atoms with Crippen LogP contribution in [0.25, 0.3) is 0 Å². The average molecular weight is 239 g/mol. The molecule has 0 saturated heterocycles. The van der Waals surface area contributed by atoms with Gasteiger partial charge in [0.2, 0.25) is 0 Å². The van der Waals surface area contributed by atoms with Gasteiger partial charge in [-0.1, -0.05) is 6.07 Å². The van der Waals surface area contributed by atoms with Crippen molar-refractivity contribution in [2.75, 3.05) is 20.8 Å². The molecule has 0 spiro atoms. The molecular weight excluding hydrogens is 222 g/mol. The monoisotopic (exact) mass is 239 g/mol. The van der Waals surface area contributed by atoms with Gasteiger partial charge in [-0.15, -0.1) is 0 Å². The standard InChI is InChI=1S/C12H17NO4/c1-16-9-3-4-10(11(14)6-9)8(7-13)5-12(15)17-2/h3-4,6,8,14H,5,7,13H2,1-2H3. The molecule has 1 rings (SSSR count). The van der Waals surface area contributed by atoms with Crippen LogP contribution in [0.15, 0.2) is 18.2 Å². The Balaban J connectivity index is 2.92. The van der Waals surface area contributed by atoms with E-state index in [-0.39, 0.29) is 30.6 Å². The van der Waals surface area contributed by atoms with Crippen molar-refractivity contribution in [2.45, 2.75) is 12.3 Å². The first kappa shape index (κ1) is 13.3. The molecule has 1 atom stereocenters. The van der Waals surface area contributed by atoms with Crippen LogP contribution in [0.4, 0.5) is 0 Å². The molecule has 0 fully saturated rings. The number of carbonyl (C=O) groups excluding carboxylic acids is 1. The third-order valence-electron chi connectivity index (χ3n) is 2.60. The molecule has 5 nitrogen and oxygen atoms in total. The third-order valence-corrected chi connectivity index (χ3v) is 2.60. The van der Waals surface area contributed by atoms with Gasteiger partial charge in [-0.25, -0.2) is 0 Å². The lowest BCUT2D eigenvalue weighted by atomic mass is 9.95. The Morgan fingerprint density at radius 3 is 2.65 bits per heavy atom. The van der Waals surface area contributed by atoms with E-state index >= 15 is 0 Å². The molecule has 0 aliphatic heterocycles. The minimum absolute atomic E-state index is 0.0729. The first-order chi connectivity index (χ1) is 8.12. The Hall–Kier alpha value is -1.75. The highest BCUT2D eigenvalue weighted by atomic mass is 16.5. The number of rotatable bonds is 5. The summed E-state index contributed by atoms with van der Waals surface area (Å²) in [5.41, 5.74) is 6.22. The van der Waals surface area contributed by atoms with Crippen molar-refractivity contribution in [3.8, 4) is 11.5 Å². The van der Waals surface area contributed by atoms with Gasteiger partial charge in [0.25, 0.3) is 0 Å². The highest BCUT2D eigenvalue weighted by molar-refractivity contribution is 5.70. The number of phenols is 1. The van der Waals surface area contributed by atoms with Crippen LogP contribution in [-0.2, 0) is 9.53 Å². The highest BCUT2D eigenvalue weighted by Crippen LogP contribution is 2.31. The summed E-state index contributed by atoms with van der Waals surface area (Å²) in [6.07, 6.45) is 0.146. The molecular formula is C12H17NO4. The largest absolute Gasteiger partial charge is 0.508 e. The van der Waals surface area contributed by atoms with Crippen molar-refractivity contribution in [1.82, 2.24) is 0 Å². The molecule has 1 aromatic rings. The quantitative estimate of drug-likeness (QED) is 0.749. The van der Waals surface area contributed by atoms with Crippen LogP contribution in [-0.4, -0.2) is 31.8 Å². The third kappa shape index (κ3) is 3.35. The topological polar surface area (TPSA) is 81.8 Å². The van der Waals surface area contributed by atoms with E-state index < -0.39 is 0 Å². The molecule has 94 valence electrons. The SMILES string of the molecule is COC(=O)CC(CN)c1ccc(OC)cc1O. The zero-order chi connectivity index (χ0) is 12.8. The normalized spacial score (nSPS) is 11.9. The predicted molar refractivity (Wildman–Crippen MR) is 63.1 cm³/mol. The van der Waals surface area contributed by atoms with Crippen LogP contribution < -0.4 is 10.5 Å². The second-order valence-electron chi connectivity index (χ2n) is 3.64. The fourth-order valence-corrected chi connectivity index (χ4v) is 1.60. The number of phenolic OH excluding ortho intramolecular Hbond substituents is 1. The lowest BCUT2D eigenvalue weighted by molar-refractivity contribution is -0.141. The smallest absolute Gasteiger partial charge is 0.306 e. The summed E-state index contributed by atoms with van der Waals surface area (Å²) in [7, 11) is 2.84. The summed E-state index contributed by atoms with van der Waals surface area (Å²) < 4.78 is 9.57. The molecule has 1 unspecified atom stereocenters. The van der Waals surface area contributed by atoms with Crippen LogP contribution in [0.3, 0.4) is 0 Å². The van der Waals surface area contributed by atoms with Gasteiger partial charge < -0.3 is 20.3 Å². The van der Waals surface area contributed by atoms with E-state index in [0.717, 1.165) is 0 Å². The summed E-state index contributed by atoms with van der Waals surface area (Å²) in [4.78, 5) is 11.2. The molecule has 0 saturated carbocycles. The van der Waals surface area contributed by atoms with Crippen LogP contribution in [0.2, 0.25) is 0 Å². The second kappa shape index (κ2) is 6.10. The predicted octanol–water partition coefficient (Wildman–Crippen LogP) is 1.01. The van der Waals surface area contributed by atoms with Gasteiger partial charge in [-0.3, -0.25) is 4.79 Å². The van der Waals surface area contributed by atoms with Crippen molar-refractivity contribution in [3.63, 3.8) is 0 Å². The van der Waals surface area contributed by atoms with Gasteiger partial charge in [-0.2, -0.15) is 0 Å². The number of hydrogen-bond acceptors (Lipinski definition) is 5. The Bertz CT molecular complexity index is 392. The fraction of sp³-hybridized carbons (Fsp3) is 0.417. The van der Waals surface area contributed by atoms with Gasteiger partial charge in [-0.05, 0) is 18.2 Å². The van der Waals surface area contributed by atoms with E-state index in [1.54, 1.807) is 12.1 Å². The summed E-state index contributed by atoms with van der Waals surface area (Å²) >= 11 is 0. The molecule has 0 radical (unpaired) electrons. The number of methoxy groups -OCH3 is 2. The number of esters is 1. The maximum Gasteiger partial charge on any atom is 0.306 e. The van der Waals surface area contributed by atoms with Crippen molar-refractivity contribution < 1.29 is 19.4 Å². The zero-order valence-corrected chi connectivity index (χ0v) is 9.97. The highest BCUT2D eigenvalue weighted by Gasteiger charge is 2.18. The van der Waals surface area contributed by atoms with E-state index in [1.807, 2.05) is 0 Å². The lowest BCUT2D eigenvalue weighted by Crippen LogP contribution is -2.17. The summed E-state index contributed by atoms with van der Waals surface area (Å²) in [6.45, 7) is 0.259. The van der Waals surface area contributed by atoms with Gasteiger partial charge in [0.15, 0.2) is 0 Å². The summed E-state index contributed by atoms with van der Waals surface area (Å²) in [6, 6.07) is 4.92. The molecule has 0 amide bonds. The van der Waals surface area contributed by atoms with Crippen LogP contribution in [0, 0.1) is 0 Å². The van der Waals surface area contributed by atoms with E-state index in [4.69, 9.17) is 10.5 Å². The van der Waals surface area contributed by atoms with Gasteiger partial charge >= 0.3 is 5.97 Å². The number of aromatic hydroxyl groups is 1. The molecule has 17 heavy (non-hydrogen) atoms. The van der Waals surface area contributed by atoms with Crippen LogP contribution >= 0.6 is 0 Å². The molecule has 0 heterocycles. The number of carbonyl (C=O) groups is 1. The van der Waals surface area contributed by atoms with E-state index in [1.165, 1.54) is 20.3 Å². The number of nitrogens with two attached hydrogens (primary N) is 1. The maximum atomic E-state index is 11.2. The molecule has 1 aromatic carbocycles. The van der Waals surface area contributed by atoms with Crippen LogP contribution in [0.1, 0.15) is 17.9 Å². The van der Waals surface area contributed by atoms with Gasteiger partial charge in [0, 0.05) is 12.0 Å². The van der Waals surface area contributed by atoms with Crippen molar-refractivity contribution in [2.24, 2.45) is 5.73 Å². The summed E-state index contributed by atoms with van der Waals surface area (Å²) in [5.74, 6) is 0.0211. The first-order valence-corrected chi connectivity index (χ1v) is 5.26. The maximum absolute atomic E-state index is 11.2. The Morgan fingerprint density at radius 2 is 2.18 bits per heavy atom. The average Bonchev–Trinajstić information content (AvgIpc) is 2.35. The Morgan fingerprint density at radius 1 is 1.47 bits per heavy atom. The molecule has 0 aromatic heterocycles. The van der Waals surface area contributed by atoms with Crippen molar-refractivity contribution in [1.29, 1.82) is 0 Å². The lowest BCUT2D eigenvalue weighted by Gasteiger charge is -2.15. The number of hydrogen-bond donors (Lipinski definition) is 2.